The smallest absolute Gasteiger partial charge is 0.350 e. The summed E-state index contributed by atoms with van der Waals surface area (Å²) in [7, 11) is 1.60. The number of hydrogen-bond donors (Lipinski definition) is 7. The van der Waals surface area contributed by atoms with Crippen LogP contribution in [0, 0.1) is 0 Å². The molecule has 1 saturated heterocycles. The van der Waals surface area contributed by atoms with Gasteiger partial charge in [0.2, 0.25) is 23.3 Å². The van der Waals surface area contributed by atoms with Gasteiger partial charge >= 0.3 is 12.0 Å². The van der Waals surface area contributed by atoms with Crippen LogP contribution in [-0.2, 0) is 37.6 Å². The Morgan fingerprint density at radius 2 is 2.02 bits per heavy atom. The van der Waals surface area contributed by atoms with Crippen LogP contribution in [0.25, 0.3) is 0 Å². The summed E-state index contributed by atoms with van der Waals surface area (Å²) in [6, 6.07) is -1.72. The van der Waals surface area contributed by atoms with E-state index in [0.29, 0.717) is 5.57 Å². The summed E-state index contributed by atoms with van der Waals surface area (Å²) in [6.07, 6.45) is 1.50. The summed E-state index contributed by atoms with van der Waals surface area (Å²) < 4.78 is 6.95. The van der Waals surface area contributed by atoms with Gasteiger partial charge in [0.1, 0.15) is 11.4 Å². The number of nitrogens with two attached hydrogens (primary N) is 3. The summed E-state index contributed by atoms with van der Waals surface area (Å²) in [5, 5.41) is 32.0. The Morgan fingerprint density at radius 3 is 2.62 bits per heavy atom. The number of carbonyl (C=O) groups excluding carboxylic acids is 4. The molecule has 4 heterocycles. The van der Waals surface area contributed by atoms with Crippen molar-refractivity contribution < 1.29 is 43.7 Å². The molecule has 0 unspecified atom stereocenters. The second kappa shape index (κ2) is 13.0. The molecule has 2 aromatic rings. The quantitative estimate of drug-likeness (QED) is 0.0493. The van der Waals surface area contributed by atoms with Gasteiger partial charge in [0.15, 0.2) is 23.2 Å². The molecule has 2 atom stereocenters. The van der Waals surface area contributed by atoms with E-state index in [-0.39, 0.29) is 53.5 Å². The minimum Gasteiger partial charge on any atom is -0.543 e. The number of thioether (sulfide) groups is 1. The number of carboxylic acids is 2. The molecule has 22 heteroatoms. The summed E-state index contributed by atoms with van der Waals surface area (Å²) in [6.45, 7) is 2.86. The Bertz CT molecular complexity index is 1620. The highest BCUT2D eigenvalue weighted by atomic mass is 32.2. The van der Waals surface area contributed by atoms with Crippen LogP contribution in [0.4, 0.5) is 21.4 Å². The predicted octanol–water partition coefficient (Wildman–Crippen LogP) is -3.90. The number of aromatic nitrogens is 4. The number of rotatable bonds is 12. The molecule has 4 amide bonds. The van der Waals surface area contributed by atoms with Gasteiger partial charge in [-0.15, -0.1) is 21.1 Å². The summed E-state index contributed by atoms with van der Waals surface area (Å²) >= 11 is 1.93. The molecular formula is C23H30N12O8S2. The Morgan fingerprint density at radius 1 is 1.31 bits per heavy atom. The maximum atomic E-state index is 13.2. The molecule has 1 fully saturated rings. The molecule has 0 bridgehead atoms. The number of nitrogens with one attached hydrogen (secondary N) is 3. The zero-order chi connectivity index (χ0) is 33.2. The van der Waals surface area contributed by atoms with Gasteiger partial charge in [-0.05, 0) is 13.8 Å². The molecule has 0 spiro atoms. The SMILES string of the molecule is Cn1c(N)c(NC(=O)NCCN)c[n+]1CC1=C(C(=O)[O-])N2C(=O)[C@@H](NC(=O)C(=NOC(C)(C)C(=O)O)c3nsc(N)n3)[C@H]2SC1. The van der Waals surface area contributed by atoms with Gasteiger partial charge in [-0.2, -0.15) is 9.36 Å². The Kier molecular flexibility index (Phi) is 9.48. The number of nitrogens with zero attached hydrogens (tertiary/aromatic N) is 6. The first-order valence-electron chi connectivity index (χ1n) is 13.0. The van der Waals surface area contributed by atoms with Gasteiger partial charge < -0.3 is 47.7 Å². The highest BCUT2D eigenvalue weighted by Crippen LogP contribution is 2.40. The van der Waals surface area contributed by atoms with Gasteiger partial charge in [-0.3, -0.25) is 19.8 Å². The number of carbonyl (C=O) groups is 5. The van der Waals surface area contributed by atoms with E-state index in [1.165, 1.54) is 36.5 Å². The third-order valence-corrected chi connectivity index (χ3v) is 8.48. The van der Waals surface area contributed by atoms with E-state index in [4.69, 9.17) is 22.0 Å². The van der Waals surface area contributed by atoms with Crippen molar-refractivity contribution in [3.8, 4) is 0 Å². The summed E-state index contributed by atoms with van der Waals surface area (Å²) in [5.74, 6) is -4.66. The zero-order valence-electron chi connectivity index (χ0n) is 24.1. The Balaban J connectivity index is 1.54. The largest absolute Gasteiger partial charge is 0.543 e. The number of aliphatic carboxylic acids is 2. The van der Waals surface area contributed by atoms with Crippen LogP contribution in [0.3, 0.4) is 0 Å². The van der Waals surface area contributed by atoms with Gasteiger partial charge in [-0.25, -0.2) is 9.59 Å². The molecular weight excluding hydrogens is 636 g/mol. The minimum absolute atomic E-state index is 0.0106. The van der Waals surface area contributed by atoms with E-state index in [9.17, 15) is 34.2 Å². The van der Waals surface area contributed by atoms with E-state index in [0.717, 1.165) is 16.4 Å². The van der Waals surface area contributed by atoms with Gasteiger partial charge in [0, 0.05) is 35.9 Å². The lowest BCUT2D eigenvalue weighted by molar-refractivity contribution is -0.765. The van der Waals surface area contributed by atoms with Crippen molar-refractivity contribution in [3.05, 3.63) is 23.3 Å². The molecule has 4 rings (SSSR count). The van der Waals surface area contributed by atoms with Gasteiger partial charge in [-0.1, -0.05) is 5.16 Å². The fourth-order valence-electron chi connectivity index (χ4n) is 4.13. The first kappa shape index (κ1) is 32.9. The summed E-state index contributed by atoms with van der Waals surface area (Å²) in [5.41, 5.74) is 15.0. The Labute approximate surface area is 262 Å². The molecule has 0 aliphatic carbocycles. The van der Waals surface area contributed by atoms with Crippen molar-refractivity contribution >= 4 is 75.4 Å². The number of anilines is 3. The number of amides is 4. The number of nitrogen functional groups attached to an aromatic ring is 2. The molecule has 0 saturated carbocycles. The lowest BCUT2D eigenvalue weighted by Crippen LogP contribution is -2.71. The third-order valence-electron chi connectivity index (χ3n) is 6.59. The standard InChI is InChI=1S/C23H30N12O8S2/c1-23(2,20(40)41)43-31-11(15-30-21(26)45-32-15)16(36)29-12-17(37)35-13(19(38)39)9(8-44-18(12)35)6-34-7-10(14(25)33(34)3)28-22(42)27-5-4-24/h7,12,18,25H,4-6,8,24H2,1-3H3,(H7,26,27,28,29,30,32,36,38,39,40,41,42)/t12-,18-/m1/s1. The van der Waals surface area contributed by atoms with Crippen molar-refractivity contribution in [1.82, 2.24) is 29.6 Å². The molecule has 242 valence electrons. The first-order chi connectivity index (χ1) is 21.2. The number of fused-ring (bicyclic) bond motifs is 1. The van der Waals surface area contributed by atoms with Gasteiger partial charge in [0.05, 0.1) is 18.7 Å². The molecule has 20 nitrogen and oxygen atoms in total. The lowest BCUT2D eigenvalue weighted by atomic mass is 10.0. The molecule has 10 N–H and O–H groups in total. The van der Waals surface area contributed by atoms with Gasteiger partial charge in [0.25, 0.3) is 11.8 Å². The first-order valence-corrected chi connectivity index (χ1v) is 14.9. The third kappa shape index (κ3) is 6.76. The lowest BCUT2D eigenvalue weighted by Gasteiger charge is -2.50. The monoisotopic (exact) mass is 666 g/mol. The predicted molar refractivity (Wildman–Crippen MR) is 157 cm³/mol. The highest BCUT2D eigenvalue weighted by Gasteiger charge is 2.53. The maximum Gasteiger partial charge on any atom is 0.350 e. The van der Waals surface area contributed by atoms with Crippen LogP contribution in [0.15, 0.2) is 22.6 Å². The van der Waals surface area contributed by atoms with Crippen molar-refractivity contribution in [2.75, 3.05) is 35.6 Å². The number of β-lactam (4-membered cyclic amide) rings is 1. The molecule has 0 radical (unpaired) electrons. The average Bonchev–Trinajstić information content (AvgIpc) is 3.52. The van der Waals surface area contributed by atoms with Crippen LogP contribution in [-0.4, -0.2) is 95.4 Å². The second-order valence-electron chi connectivity index (χ2n) is 10.1. The van der Waals surface area contributed by atoms with E-state index in [1.54, 1.807) is 11.7 Å². The topological polar surface area (TPSA) is 302 Å². The van der Waals surface area contributed by atoms with Crippen LogP contribution in [0.5, 0.6) is 0 Å². The van der Waals surface area contributed by atoms with Crippen molar-refractivity contribution in [2.45, 2.75) is 37.4 Å². The number of oxime groups is 1. The number of carboxylic acid groups (broad SMARTS) is 2. The van der Waals surface area contributed by atoms with Crippen LogP contribution < -0.4 is 42.9 Å². The highest BCUT2D eigenvalue weighted by molar-refractivity contribution is 8.00. The van der Waals surface area contributed by atoms with E-state index >= 15 is 0 Å². The second-order valence-corrected chi connectivity index (χ2v) is 12.0. The number of hydrogen-bond acceptors (Lipinski definition) is 15. The minimum atomic E-state index is -1.82. The average molecular weight is 667 g/mol. The summed E-state index contributed by atoms with van der Waals surface area (Å²) in [4.78, 5) is 72.2. The van der Waals surface area contributed by atoms with E-state index < -0.39 is 52.5 Å². The van der Waals surface area contributed by atoms with E-state index in [2.05, 4.69) is 30.5 Å². The fourth-order valence-corrected chi connectivity index (χ4v) is 5.90. The Hall–Kier alpha value is -4.96. The molecule has 0 aromatic carbocycles. The zero-order valence-corrected chi connectivity index (χ0v) is 25.7. The van der Waals surface area contributed by atoms with E-state index in [1.807, 2.05) is 0 Å². The molecule has 2 aliphatic heterocycles. The van der Waals surface area contributed by atoms with Crippen molar-refractivity contribution in [3.63, 3.8) is 0 Å². The van der Waals surface area contributed by atoms with Crippen LogP contribution in [0.1, 0.15) is 19.7 Å². The van der Waals surface area contributed by atoms with Crippen molar-refractivity contribution in [1.29, 1.82) is 0 Å². The number of urea groups is 1. The van der Waals surface area contributed by atoms with Crippen LogP contribution in [0.2, 0.25) is 0 Å². The molecule has 45 heavy (non-hydrogen) atoms. The molecule has 2 aliphatic rings. The van der Waals surface area contributed by atoms with Crippen LogP contribution >= 0.6 is 23.3 Å². The molecule has 2 aromatic heterocycles. The maximum absolute atomic E-state index is 13.2. The van der Waals surface area contributed by atoms with Crippen molar-refractivity contribution in [2.24, 2.45) is 17.9 Å². The normalized spacial score (nSPS) is 18.2. The fraction of sp³-hybridized carbons (Fsp3) is 0.435.